The van der Waals surface area contributed by atoms with Gasteiger partial charge in [0.1, 0.15) is 0 Å². The molecule has 0 spiro atoms. The van der Waals surface area contributed by atoms with Gasteiger partial charge in [0.05, 0.1) is 17.8 Å². The van der Waals surface area contributed by atoms with Crippen molar-refractivity contribution in [2.24, 2.45) is 7.05 Å². The highest BCUT2D eigenvalue weighted by Crippen LogP contribution is 2.26. The minimum atomic E-state index is -3.16. The Kier molecular flexibility index (Phi) is 3.11. The number of rotatable bonds is 3. The normalized spacial score (nSPS) is 12.2. The van der Waals surface area contributed by atoms with Gasteiger partial charge in [0.25, 0.3) is 0 Å². The van der Waals surface area contributed by atoms with Crippen molar-refractivity contribution in [3.63, 3.8) is 0 Å². The molecule has 0 amide bonds. The van der Waals surface area contributed by atoms with Crippen molar-refractivity contribution in [2.75, 3.05) is 0 Å². The van der Waals surface area contributed by atoms with Gasteiger partial charge < -0.3 is 4.74 Å². The maximum Gasteiger partial charge on any atom is 0.408 e. The Balaban J connectivity index is 2.31. The average Bonchev–Trinajstić information content (AvgIpc) is 2.53. The van der Waals surface area contributed by atoms with E-state index in [0.717, 1.165) is 33.5 Å². The van der Waals surface area contributed by atoms with Crippen LogP contribution in [0.5, 0.6) is 0 Å². The molecule has 1 aromatic heterocycles. The van der Waals surface area contributed by atoms with Crippen molar-refractivity contribution >= 4 is 33.5 Å². The van der Waals surface area contributed by atoms with Crippen LogP contribution < -0.4 is 0 Å². The molecule has 16 heavy (non-hydrogen) atoms. The number of nitrogens with zero attached hydrogens (tertiary/aromatic N) is 2. The summed E-state index contributed by atoms with van der Waals surface area (Å²) < 4.78 is 28.0. The first-order chi connectivity index (χ1) is 7.47. The van der Waals surface area contributed by atoms with Crippen molar-refractivity contribution in [3.05, 3.63) is 30.0 Å². The zero-order valence-corrected chi connectivity index (χ0v) is 10.6. The minimum Gasteiger partial charge on any atom is -0.306 e. The van der Waals surface area contributed by atoms with Gasteiger partial charge >= 0.3 is 4.12 Å². The van der Waals surface area contributed by atoms with Crippen LogP contribution in [0.15, 0.2) is 24.3 Å². The fraction of sp³-hybridized carbons (Fsp3) is 0.300. The largest absolute Gasteiger partial charge is 0.408 e. The monoisotopic (exact) mass is 338 g/mol. The van der Waals surface area contributed by atoms with Gasteiger partial charge in [-0.3, -0.25) is 4.68 Å². The molecular weight excluding hydrogens is 329 g/mol. The summed E-state index contributed by atoms with van der Waals surface area (Å²) in [6.45, 7) is -0.197. The lowest BCUT2D eigenvalue weighted by molar-refractivity contribution is -0.154. The molecule has 0 saturated carbocycles. The molecule has 0 bridgehead atoms. The van der Waals surface area contributed by atoms with Gasteiger partial charge in [-0.25, -0.2) is 0 Å². The van der Waals surface area contributed by atoms with Crippen molar-refractivity contribution in [2.45, 2.75) is 10.7 Å². The fourth-order valence-corrected chi connectivity index (χ4v) is 1.70. The molecule has 0 fully saturated rings. The highest BCUT2D eigenvalue weighted by Gasteiger charge is 2.25. The Bertz CT molecular complexity index is 507. The average molecular weight is 338 g/mol. The van der Waals surface area contributed by atoms with Crippen LogP contribution in [-0.2, 0) is 18.4 Å². The standard InChI is InChI=1S/C10H9F2IN2O/c1-15-9-5-3-2-4-7(9)8(14-15)6-16-10(11,12)13/h2-5H,6H2,1H3. The predicted molar refractivity (Wildman–Crippen MR) is 64.5 cm³/mol. The second kappa shape index (κ2) is 4.25. The van der Waals surface area contributed by atoms with E-state index in [9.17, 15) is 8.78 Å². The number of aryl methyl sites for hydroxylation is 1. The van der Waals surface area contributed by atoms with Gasteiger partial charge in [0, 0.05) is 35.0 Å². The third kappa shape index (κ3) is 2.49. The second-order valence-electron chi connectivity index (χ2n) is 3.32. The molecule has 86 valence electrons. The van der Waals surface area contributed by atoms with Crippen LogP contribution in [0.2, 0.25) is 0 Å². The molecule has 6 heteroatoms. The van der Waals surface area contributed by atoms with E-state index < -0.39 is 4.12 Å². The SMILES string of the molecule is Cn1nc(COC(F)(F)I)c2ccccc21. The second-order valence-corrected chi connectivity index (χ2v) is 4.58. The summed E-state index contributed by atoms with van der Waals surface area (Å²) in [6.07, 6.45) is 0. The first kappa shape index (κ1) is 11.7. The van der Waals surface area contributed by atoms with E-state index in [-0.39, 0.29) is 6.61 Å². The Morgan fingerprint density at radius 2 is 2.12 bits per heavy atom. The highest BCUT2D eigenvalue weighted by atomic mass is 127. The van der Waals surface area contributed by atoms with Gasteiger partial charge in [-0.2, -0.15) is 13.9 Å². The number of fused-ring (bicyclic) bond motifs is 1. The molecule has 0 radical (unpaired) electrons. The summed E-state index contributed by atoms with van der Waals surface area (Å²) in [5.74, 6) is 0. The van der Waals surface area contributed by atoms with E-state index in [1.165, 1.54) is 0 Å². The quantitative estimate of drug-likeness (QED) is 0.635. The summed E-state index contributed by atoms with van der Waals surface area (Å²) in [4.78, 5) is 0. The summed E-state index contributed by atoms with van der Waals surface area (Å²) in [6, 6.07) is 7.44. The van der Waals surface area contributed by atoms with Gasteiger partial charge in [0.2, 0.25) is 0 Å². The summed E-state index contributed by atoms with van der Waals surface area (Å²) in [5.41, 5.74) is 1.42. The first-order valence-electron chi connectivity index (χ1n) is 4.59. The van der Waals surface area contributed by atoms with Crippen LogP contribution in [0.3, 0.4) is 0 Å². The molecule has 2 aromatic rings. The number of aromatic nitrogens is 2. The zero-order valence-electron chi connectivity index (χ0n) is 8.45. The van der Waals surface area contributed by atoms with Crippen molar-refractivity contribution < 1.29 is 13.5 Å². The lowest BCUT2D eigenvalue weighted by Gasteiger charge is -2.07. The van der Waals surface area contributed by atoms with Crippen molar-refractivity contribution in [1.82, 2.24) is 9.78 Å². The van der Waals surface area contributed by atoms with E-state index >= 15 is 0 Å². The molecule has 1 aromatic carbocycles. The molecule has 0 unspecified atom stereocenters. The highest BCUT2D eigenvalue weighted by molar-refractivity contribution is 14.1. The number of ether oxygens (including phenoxy) is 1. The molecule has 1 heterocycles. The van der Waals surface area contributed by atoms with Crippen LogP contribution in [0.25, 0.3) is 10.9 Å². The maximum atomic E-state index is 12.5. The number of benzene rings is 1. The first-order valence-corrected chi connectivity index (χ1v) is 5.66. The van der Waals surface area contributed by atoms with Crippen molar-refractivity contribution in [1.29, 1.82) is 0 Å². The zero-order chi connectivity index (χ0) is 11.8. The Labute approximate surface area is 105 Å². The lowest BCUT2D eigenvalue weighted by atomic mass is 10.2. The van der Waals surface area contributed by atoms with Gasteiger partial charge in [-0.15, -0.1) is 0 Å². The third-order valence-electron chi connectivity index (χ3n) is 2.21. The number of hydrogen-bond donors (Lipinski definition) is 0. The van der Waals surface area contributed by atoms with E-state index in [2.05, 4.69) is 9.84 Å². The topological polar surface area (TPSA) is 27.1 Å². The van der Waals surface area contributed by atoms with Crippen LogP contribution in [0.1, 0.15) is 5.69 Å². The van der Waals surface area contributed by atoms with Crippen LogP contribution >= 0.6 is 22.6 Å². The van der Waals surface area contributed by atoms with Gasteiger partial charge in [-0.1, -0.05) is 18.2 Å². The molecular formula is C10H9F2IN2O. The smallest absolute Gasteiger partial charge is 0.306 e. The molecule has 0 aliphatic carbocycles. The maximum absolute atomic E-state index is 12.5. The number of hydrogen-bond acceptors (Lipinski definition) is 2. The predicted octanol–water partition coefficient (Wildman–Crippen LogP) is 3.08. The molecule has 0 N–H and O–H groups in total. The lowest BCUT2D eigenvalue weighted by Crippen LogP contribution is -2.11. The molecule has 0 atom stereocenters. The third-order valence-corrected chi connectivity index (χ3v) is 2.52. The Morgan fingerprint density at radius 1 is 1.44 bits per heavy atom. The minimum absolute atomic E-state index is 0.197. The number of alkyl halides is 3. The summed E-state index contributed by atoms with van der Waals surface area (Å²) >= 11 is 0.944. The van der Waals surface area contributed by atoms with Crippen LogP contribution in [0.4, 0.5) is 8.78 Å². The molecule has 0 aliphatic rings. The van der Waals surface area contributed by atoms with Crippen molar-refractivity contribution in [3.8, 4) is 0 Å². The van der Waals surface area contributed by atoms with E-state index in [0.29, 0.717) is 5.69 Å². The summed E-state index contributed by atoms with van der Waals surface area (Å²) in [5, 5.41) is 4.99. The Hall–Kier alpha value is -0.760. The summed E-state index contributed by atoms with van der Waals surface area (Å²) in [7, 11) is 1.77. The molecule has 3 nitrogen and oxygen atoms in total. The molecule has 0 saturated heterocycles. The Morgan fingerprint density at radius 3 is 2.81 bits per heavy atom. The molecule has 0 aliphatic heterocycles. The van der Waals surface area contributed by atoms with Gasteiger partial charge in [0.15, 0.2) is 0 Å². The van der Waals surface area contributed by atoms with E-state index in [1.54, 1.807) is 11.7 Å². The van der Waals surface area contributed by atoms with E-state index in [4.69, 9.17) is 0 Å². The van der Waals surface area contributed by atoms with Crippen LogP contribution in [0, 0.1) is 0 Å². The van der Waals surface area contributed by atoms with Crippen LogP contribution in [-0.4, -0.2) is 13.9 Å². The van der Waals surface area contributed by atoms with Gasteiger partial charge in [-0.05, 0) is 6.07 Å². The number of para-hydroxylation sites is 1. The number of halogens is 3. The van der Waals surface area contributed by atoms with E-state index in [1.807, 2.05) is 24.3 Å². The molecule has 2 rings (SSSR count). The fourth-order valence-electron chi connectivity index (χ4n) is 1.55.